The van der Waals surface area contributed by atoms with Gasteiger partial charge in [0.05, 0.1) is 11.4 Å². The largest absolute Gasteiger partial charge is 0.309 e. The van der Waals surface area contributed by atoms with Gasteiger partial charge in [0.15, 0.2) is 5.43 Å². The Hall–Kier alpha value is -3.39. The Kier molecular flexibility index (Phi) is 4.47. The molecule has 2 nitrogen and oxygen atoms in total. The van der Waals surface area contributed by atoms with Gasteiger partial charge in [0, 0.05) is 17.3 Å². The fourth-order valence-electron chi connectivity index (χ4n) is 3.43. The second-order valence-electron chi connectivity index (χ2n) is 6.77. The summed E-state index contributed by atoms with van der Waals surface area (Å²) in [6.45, 7) is 3.97. The van der Waals surface area contributed by atoms with E-state index in [-0.39, 0.29) is 5.43 Å². The minimum Gasteiger partial charge on any atom is -0.309 e. The maximum absolute atomic E-state index is 12.8. The lowest BCUT2D eigenvalue weighted by atomic mass is 10.0. The number of hydrogen-bond acceptors (Lipinski definition) is 1. The molecule has 0 aliphatic carbocycles. The van der Waals surface area contributed by atoms with Crippen molar-refractivity contribution >= 4 is 0 Å². The second kappa shape index (κ2) is 7.08. The van der Waals surface area contributed by atoms with Crippen molar-refractivity contribution in [1.29, 1.82) is 0 Å². The van der Waals surface area contributed by atoms with Crippen molar-refractivity contribution in [2.24, 2.45) is 0 Å². The van der Waals surface area contributed by atoms with Crippen molar-refractivity contribution in [3.8, 4) is 28.2 Å². The Morgan fingerprint density at radius 2 is 1.26 bits per heavy atom. The van der Waals surface area contributed by atoms with E-state index in [0.29, 0.717) is 0 Å². The summed E-state index contributed by atoms with van der Waals surface area (Å²) in [5.41, 5.74) is 6.93. The van der Waals surface area contributed by atoms with Crippen LogP contribution >= 0.6 is 0 Å². The van der Waals surface area contributed by atoms with E-state index in [4.69, 9.17) is 0 Å². The minimum atomic E-state index is 0.0524. The van der Waals surface area contributed by atoms with Crippen LogP contribution in [0.3, 0.4) is 0 Å². The van der Waals surface area contributed by atoms with E-state index in [1.165, 1.54) is 5.56 Å². The highest BCUT2D eigenvalue weighted by Crippen LogP contribution is 2.31. The van der Waals surface area contributed by atoms with Crippen LogP contribution in [-0.2, 0) is 0 Å². The number of para-hydroxylation sites is 1. The summed E-state index contributed by atoms with van der Waals surface area (Å²) in [7, 11) is 0. The van der Waals surface area contributed by atoms with Crippen LogP contribution in [0, 0.1) is 13.8 Å². The number of rotatable bonds is 3. The van der Waals surface area contributed by atoms with Gasteiger partial charge < -0.3 is 4.57 Å². The van der Waals surface area contributed by atoms with Gasteiger partial charge in [0.25, 0.3) is 0 Å². The molecule has 0 amide bonds. The van der Waals surface area contributed by atoms with Gasteiger partial charge in [-0.2, -0.15) is 0 Å². The Morgan fingerprint density at radius 3 is 1.89 bits per heavy atom. The lowest BCUT2D eigenvalue weighted by Crippen LogP contribution is -2.15. The molecule has 0 aliphatic rings. The van der Waals surface area contributed by atoms with E-state index >= 15 is 0 Å². The van der Waals surface area contributed by atoms with Crippen molar-refractivity contribution < 1.29 is 0 Å². The SMILES string of the molecule is Cc1ccc(-c2cc(=O)c(C)c(-c3ccccc3)n2-c2ccccc2)cc1. The van der Waals surface area contributed by atoms with Crippen LogP contribution in [0.15, 0.2) is 95.8 Å². The second-order valence-corrected chi connectivity index (χ2v) is 6.77. The van der Waals surface area contributed by atoms with Crippen LogP contribution < -0.4 is 5.43 Å². The van der Waals surface area contributed by atoms with E-state index in [1.807, 2.05) is 43.3 Å². The number of benzene rings is 3. The zero-order valence-corrected chi connectivity index (χ0v) is 15.5. The first kappa shape index (κ1) is 17.0. The molecule has 1 aromatic heterocycles. The summed E-state index contributed by atoms with van der Waals surface area (Å²) in [6.07, 6.45) is 0. The van der Waals surface area contributed by atoms with E-state index in [9.17, 15) is 4.79 Å². The summed E-state index contributed by atoms with van der Waals surface area (Å²) in [6, 6.07) is 30.4. The molecule has 0 N–H and O–H groups in total. The smallest absolute Gasteiger partial charge is 0.185 e. The highest BCUT2D eigenvalue weighted by molar-refractivity contribution is 5.73. The Bertz CT molecular complexity index is 1120. The molecule has 0 saturated carbocycles. The standard InChI is InChI=1S/C25H21NO/c1-18-13-15-20(16-14-18)23-17-24(27)19(2)25(21-9-5-3-6-10-21)26(23)22-11-7-4-8-12-22/h3-17H,1-2H3. The molecule has 132 valence electrons. The van der Waals surface area contributed by atoms with Crippen LogP contribution in [0.4, 0.5) is 0 Å². The van der Waals surface area contributed by atoms with Crippen molar-refractivity contribution in [2.45, 2.75) is 13.8 Å². The normalized spacial score (nSPS) is 10.7. The van der Waals surface area contributed by atoms with Gasteiger partial charge in [-0.15, -0.1) is 0 Å². The maximum atomic E-state index is 12.8. The van der Waals surface area contributed by atoms with E-state index in [2.05, 4.69) is 60.0 Å². The maximum Gasteiger partial charge on any atom is 0.185 e. The summed E-state index contributed by atoms with van der Waals surface area (Å²) >= 11 is 0. The predicted octanol–water partition coefficient (Wildman–Crippen LogP) is 5.79. The fourth-order valence-corrected chi connectivity index (χ4v) is 3.43. The molecular weight excluding hydrogens is 330 g/mol. The molecular formula is C25H21NO. The lowest BCUT2D eigenvalue weighted by molar-refractivity contribution is 1.04. The van der Waals surface area contributed by atoms with Crippen LogP contribution in [0.2, 0.25) is 0 Å². The van der Waals surface area contributed by atoms with Crippen molar-refractivity contribution in [2.75, 3.05) is 0 Å². The van der Waals surface area contributed by atoms with Crippen LogP contribution in [0.1, 0.15) is 11.1 Å². The molecule has 0 radical (unpaired) electrons. The zero-order valence-electron chi connectivity index (χ0n) is 15.5. The number of pyridine rings is 1. The van der Waals surface area contributed by atoms with Gasteiger partial charge in [0.1, 0.15) is 0 Å². The molecule has 0 fully saturated rings. The summed E-state index contributed by atoms with van der Waals surface area (Å²) in [5, 5.41) is 0. The summed E-state index contributed by atoms with van der Waals surface area (Å²) in [4.78, 5) is 12.8. The van der Waals surface area contributed by atoms with Crippen molar-refractivity contribution in [3.63, 3.8) is 0 Å². The Morgan fingerprint density at radius 1 is 0.667 bits per heavy atom. The average molecular weight is 351 g/mol. The monoisotopic (exact) mass is 351 g/mol. The highest BCUT2D eigenvalue weighted by atomic mass is 16.1. The zero-order chi connectivity index (χ0) is 18.8. The molecule has 0 spiro atoms. The first-order chi connectivity index (χ1) is 13.1. The molecule has 0 saturated heterocycles. The lowest BCUT2D eigenvalue weighted by Gasteiger charge is -2.21. The number of nitrogens with zero attached hydrogens (tertiary/aromatic N) is 1. The molecule has 0 unspecified atom stereocenters. The number of aryl methyl sites for hydroxylation is 1. The molecule has 0 bridgehead atoms. The van der Waals surface area contributed by atoms with Gasteiger partial charge in [-0.1, -0.05) is 78.4 Å². The van der Waals surface area contributed by atoms with Gasteiger partial charge in [-0.3, -0.25) is 4.79 Å². The van der Waals surface area contributed by atoms with Gasteiger partial charge in [0.2, 0.25) is 0 Å². The van der Waals surface area contributed by atoms with Crippen molar-refractivity contribution in [3.05, 3.63) is 112 Å². The third-order valence-corrected chi connectivity index (χ3v) is 4.87. The number of hydrogen-bond donors (Lipinski definition) is 0. The predicted molar refractivity (Wildman–Crippen MR) is 112 cm³/mol. The summed E-state index contributed by atoms with van der Waals surface area (Å²) < 4.78 is 2.19. The van der Waals surface area contributed by atoms with Crippen LogP contribution in [0.25, 0.3) is 28.2 Å². The molecule has 4 rings (SSSR count). The molecule has 2 heteroatoms. The van der Waals surface area contributed by atoms with Crippen LogP contribution in [-0.4, -0.2) is 4.57 Å². The molecule has 4 aromatic rings. The van der Waals surface area contributed by atoms with E-state index < -0.39 is 0 Å². The quantitative estimate of drug-likeness (QED) is 0.458. The highest BCUT2D eigenvalue weighted by Gasteiger charge is 2.17. The first-order valence-corrected chi connectivity index (χ1v) is 9.10. The molecule has 0 aliphatic heterocycles. The first-order valence-electron chi connectivity index (χ1n) is 9.10. The number of aromatic nitrogens is 1. The molecule has 1 heterocycles. The topological polar surface area (TPSA) is 22.0 Å². The molecule has 3 aromatic carbocycles. The van der Waals surface area contributed by atoms with E-state index in [0.717, 1.165) is 33.8 Å². The van der Waals surface area contributed by atoms with Crippen molar-refractivity contribution in [1.82, 2.24) is 4.57 Å². The third-order valence-electron chi connectivity index (χ3n) is 4.87. The van der Waals surface area contributed by atoms with Gasteiger partial charge in [-0.05, 0) is 37.1 Å². The Balaban J connectivity index is 2.12. The Labute approximate surface area is 159 Å². The van der Waals surface area contributed by atoms with Gasteiger partial charge in [-0.25, -0.2) is 0 Å². The summed E-state index contributed by atoms with van der Waals surface area (Å²) in [5.74, 6) is 0. The average Bonchev–Trinajstić information content (AvgIpc) is 2.71. The minimum absolute atomic E-state index is 0.0524. The van der Waals surface area contributed by atoms with Crippen LogP contribution in [0.5, 0.6) is 0 Å². The fraction of sp³-hybridized carbons (Fsp3) is 0.0800. The van der Waals surface area contributed by atoms with Gasteiger partial charge >= 0.3 is 0 Å². The van der Waals surface area contributed by atoms with E-state index in [1.54, 1.807) is 6.07 Å². The third kappa shape index (κ3) is 3.22. The molecule has 27 heavy (non-hydrogen) atoms. The molecule has 0 atom stereocenters.